The van der Waals surface area contributed by atoms with Gasteiger partial charge in [-0.25, -0.2) is 11.0 Å². The van der Waals surface area contributed by atoms with E-state index in [1.807, 2.05) is 78.9 Å². The summed E-state index contributed by atoms with van der Waals surface area (Å²) < 4.78 is 10.5. The Morgan fingerprint density at radius 1 is 0.973 bits per heavy atom. The minimum Gasteiger partial charge on any atom is -0.496 e. The molecule has 0 aliphatic carbocycles. The molecule has 0 saturated heterocycles. The third kappa shape index (κ3) is 8.36. The van der Waals surface area contributed by atoms with Crippen molar-refractivity contribution >= 4 is 17.7 Å². The fourth-order valence-electron chi connectivity index (χ4n) is 3.83. The van der Waals surface area contributed by atoms with Crippen molar-refractivity contribution in [2.75, 3.05) is 13.7 Å². The Kier molecular flexibility index (Phi) is 10.0. The molecule has 0 bridgehead atoms. The molecule has 1 atom stereocenters. The standard InChI is InChI=1S/C28H33N5O4/c1-3-37-26(34)18-23(31-28(35)27(29)32-33(30)19-21-9-5-4-6-10-21)17-20-13-15-22(16-14-20)24-11-7-8-12-25(24)36-2/h4-16,23H,3,17-19,30H2,1-2H3,(H2,29,32)(H,31,35)/t23-/m1/s1. The second-order valence-electron chi connectivity index (χ2n) is 8.35. The van der Waals surface area contributed by atoms with E-state index in [0.29, 0.717) is 6.42 Å². The van der Waals surface area contributed by atoms with Crippen molar-refractivity contribution in [2.24, 2.45) is 16.7 Å². The number of hydrazone groups is 1. The molecule has 37 heavy (non-hydrogen) atoms. The summed E-state index contributed by atoms with van der Waals surface area (Å²) >= 11 is 0. The van der Waals surface area contributed by atoms with Gasteiger partial charge in [-0.2, -0.15) is 0 Å². The summed E-state index contributed by atoms with van der Waals surface area (Å²) in [5, 5.41) is 7.86. The van der Waals surface area contributed by atoms with Gasteiger partial charge in [0.15, 0.2) is 0 Å². The number of rotatable bonds is 11. The van der Waals surface area contributed by atoms with E-state index in [4.69, 9.17) is 21.1 Å². The lowest BCUT2D eigenvalue weighted by molar-refractivity contribution is -0.143. The Balaban J connectivity index is 1.70. The first kappa shape index (κ1) is 27.2. The first-order valence-electron chi connectivity index (χ1n) is 12.0. The molecular weight excluding hydrogens is 470 g/mol. The molecule has 5 N–H and O–H groups in total. The summed E-state index contributed by atoms with van der Waals surface area (Å²) in [5.41, 5.74) is 9.70. The molecule has 3 aromatic rings. The Morgan fingerprint density at radius 2 is 1.65 bits per heavy atom. The van der Waals surface area contributed by atoms with Crippen LogP contribution in [0.5, 0.6) is 5.75 Å². The third-order valence-electron chi connectivity index (χ3n) is 5.56. The number of nitrogens with one attached hydrogen (secondary N) is 1. The van der Waals surface area contributed by atoms with Gasteiger partial charge in [-0.15, -0.1) is 5.10 Å². The Bertz CT molecular complexity index is 1200. The van der Waals surface area contributed by atoms with E-state index in [1.165, 1.54) is 0 Å². The van der Waals surface area contributed by atoms with E-state index in [9.17, 15) is 9.59 Å². The number of benzene rings is 3. The van der Waals surface area contributed by atoms with Crippen molar-refractivity contribution in [2.45, 2.75) is 32.4 Å². The van der Waals surface area contributed by atoms with Crippen LogP contribution in [0.4, 0.5) is 0 Å². The fourth-order valence-corrected chi connectivity index (χ4v) is 3.83. The van der Waals surface area contributed by atoms with Gasteiger partial charge in [0.05, 0.1) is 26.7 Å². The predicted molar refractivity (Wildman–Crippen MR) is 143 cm³/mol. The molecule has 9 heteroatoms. The molecule has 0 spiro atoms. The number of hydrazine groups is 1. The highest BCUT2D eigenvalue weighted by Crippen LogP contribution is 2.29. The predicted octanol–water partition coefficient (Wildman–Crippen LogP) is 2.99. The van der Waals surface area contributed by atoms with Gasteiger partial charge in [-0.3, -0.25) is 9.59 Å². The van der Waals surface area contributed by atoms with E-state index < -0.39 is 17.9 Å². The minimum atomic E-state index is -0.622. The fraction of sp³-hybridized carbons (Fsp3) is 0.250. The summed E-state index contributed by atoms with van der Waals surface area (Å²) in [7, 11) is 1.64. The third-order valence-corrected chi connectivity index (χ3v) is 5.56. The van der Waals surface area contributed by atoms with Crippen molar-refractivity contribution in [3.8, 4) is 16.9 Å². The quantitative estimate of drug-likeness (QED) is 0.120. The van der Waals surface area contributed by atoms with Crippen LogP contribution in [0.1, 0.15) is 24.5 Å². The molecule has 0 heterocycles. The van der Waals surface area contributed by atoms with Crippen LogP contribution >= 0.6 is 0 Å². The number of nitrogens with two attached hydrogens (primary N) is 2. The van der Waals surface area contributed by atoms with Crippen LogP contribution in [0.25, 0.3) is 11.1 Å². The zero-order valence-electron chi connectivity index (χ0n) is 21.1. The number of carbonyl (C=O) groups is 2. The first-order valence-corrected chi connectivity index (χ1v) is 12.0. The number of nitrogens with zero attached hydrogens (tertiary/aromatic N) is 2. The summed E-state index contributed by atoms with van der Waals surface area (Å²) in [5.74, 6) is 5.33. The highest BCUT2D eigenvalue weighted by Gasteiger charge is 2.20. The number of amidine groups is 1. The van der Waals surface area contributed by atoms with Gasteiger partial charge in [0, 0.05) is 11.6 Å². The van der Waals surface area contributed by atoms with E-state index >= 15 is 0 Å². The number of amides is 1. The Morgan fingerprint density at radius 3 is 2.32 bits per heavy atom. The maximum Gasteiger partial charge on any atom is 0.307 e. The van der Waals surface area contributed by atoms with Crippen LogP contribution in [0.15, 0.2) is 84.0 Å². The second kappa shape index (κ2) is 13.6. The highest BCUT2D eigenvalue weighted by atomic mass is 16.5. The van der Waals surface area contributed by atoms with Crippen LogP contribution in [0.2, 0.25) is 0 Å². The van der Waals surface area contributed by atoms with Crippen molar-refractivity contribution in [3.05, 3.63) is 90.0 Å². The lowest BCUT2D eigenvalue weighted by Gasteiger charge is -2.19. The normalized spacial score (nSPS) is 11.9. The summed E-state index contributed by atoms with van der Waals surface area (Å²) in [4.78, 5) is 25.0. The molecular formula is C28H33N5O4. The maximum atomic E-state index is 12.8. The Labute approximate surface area is 217 Å². The minimum absolute atomic E-state index is 0.0164. The summed E-state index contributed by atoms with van der Waals surface area (Å²) in [6.07, 6.45) is 0.373. The SMILES string of the molecule is CCOC(=O)C[C@@H](Cc1ccc(-c2ccccc2OC)cc1)NC(=O)/C(N)=N/N(N)Cc1ccccc1. The summed E-state index contributed by atoms with van der Waals surface area (Å²) in [6.45, 7) is 2.26. The molecule has 0 unspecified atom stereocenters. The van der Waals surface area contributed by atoms with Crippen LogP contribution in [-0.4, -0.2) is 42.6 Å². The van der Waals surface area contributed by atoms with Gasteiger partial charge < -0.3 is 20.5 Å². The van der Waals surface area contributed by atoms with Gasteiger partial charge in [0.1, 0.15) is 5.75 Å². The van der Waals surface area contributed by atoms with Gasteiger partial charge in [-0.1, -0.05) is 72.8 Å². The molecule has 0 fully saturated rings. The molecule has 1 amide bonds. The first-order chi connectivity index (χ1) is 17.9. The van der Waals surface area contributed by atoms with Crippen molar-refractivity contribution in [1.82, 2.24) is 10.4 Å². The lowest BCUT2D eigenvalue weighted by Crippen LogP contribution is -2.45. The van der Waals surface area contributed by atoms with Crippen molar-refractivity contribution in [3.63, 3.8) is 0 Å². The largest absolute Gasteiger partial charge is 0.496 e. The molecule has 194 valence electrons. The number of carbonyl (C=O) groups excluding carboxylic acids is 2. The average Bonchev–Trinajstić information content (AvgIpc) is 2.89. The molecule has 0 aliphatic heterocycles. The topological polar surface area (TPSA) is 132 Å². The van der Waals surface area contributed by atoms with Gasteiger partial charge in [0.25, 0.3) is 5.91 Å². The van der Waals surface area contributed by atoms with E-state index in [-0.39, 0.29) is 25.4 Å². The van der Waals surface area contributed by atoms with Gasteiger partial charge in [0.2, 0.25) is 5.84 Å². The molecule has 0 aromatic heterocycles. The molecule has 3 aromatic carbocycles. The Hall–Kier alpha value is -4.37. The zero-order valence-corrected chi connectivity index (χ0v) is 21.1. The number of ether oxygens (including phenoxy) is 2. The van der Waals surface area contributed by atoms with Crippen LogP contribution < -0.4 is 21.6 Å². The average molecular weight is 504 g/mol. The second-order valence-corrected chi connectivity index (χ2v) is 8.35. The molecule has 0 radical (unpaired) electrons. The van der Waals surface area contributed by atoms with Crippen LogP contribution in [-0.2, 0) is 27.3 Å². The lowest BCUT2D eigenvalue weighted by atomic mass is 9.99. The van der Waals surface area contributed by atoms with Crippen LogP contribution in [0, 0.1) is 0 Å². The molecule has 0 aliphatic rings. The zero-order chi connectivity index (χ0) is 26.6. The van der Waals surface area contributed by atoms with Crippen LogP contribution in [0.3, 0.4) is 0 Å². The number of hydrogen-bond acceptors (Lipinski definition) is 7. The number of para-hydroxylation sites is 1. The number of methoxy groups -OCH3 is 1. The van der Waals surface area contributed by atoms with Crippen molar-refractivity contribution in [1.29, 1.82) is 0 Å². The number of esters is 1. The highest BCUT2D eigenvalue weighted by molar-refractivity contribution is 6.37. The maximum absolute atomic E-state index is 12.8. The van der Waals surface area contributed by atoms with E-state index in [0.717, 1.165) is 33.1 Å². The monoisotopic (exact) mass is 503 g/mol. The van der Waals surface area contributed by atoms with Gasteiger partial charge >= 0.3 is 5.97 Å². The smallest absolute Gasteiger partial charge is 0.307 e. The van der Waals surface area contributed by atoms with E-state index in [1.54, 1.807) is 14.0 Å². The van der Waals surface area contributed by atoms with Crippen molar-refractivity contribution < 1.29 is 19.1 Å². The molecule has 3 rings (SSSR count). The van der Waals surface area contributed by atoms with E-state index in [2.05, 4.69) is 10.4 Å². The van der Waals surface area contributed by atoms with Gasteiger partial charge in [-0.05, 0) is 36.1 Å². The summed E-state index contributed by atoms with van der Waals surface area (Å²) in [6, 6.07) is 24.5. The number of hydrogen-bond donors (Lipinski definition) is 3. The molecule has 0 saturated carbocycles. The molecule has 9 nitrogen and oxygen atoms in total.